The molecular formula is C16H15F2N3O. The normalized spacial score (nSPS) is 23.1. The number of benzene rings is 1. The Hall–Kier alpha value is -2.37. The van der Waals surface area contributed by atoms with Crippen LogP contribution in [-0.2, 0) is 5.41 Å². The summed E-state index contributed by atoms with van der Waals surface area (Å²) >= 11 is 0. The molecule has 1 aliphatic rings. The minimum atomic E-state index is -0.603. The molecule has 114 valence electrons. The molecule has 1 N–H and O–H groups in total. The molecule has 1 aromatic carbocycles. The number of amides is 1. The number of carbonyl (C=O) groups excluding carboxylic acids is 1. The van der Waals surface area contributed by atoms with E-state index < -0.39 is 17.0 Å². The summed E-state index contributed by atoms with van der Waals surface area (Å²) in [4.78, 5) is 19.8. The van der Waals surface area contributed by atoms with Gasteiger partial charge in [0.1, 0.15) is 17.3 Å². The predicted molar refractivity (Wildman–Crippen MR) is 76.2 cm³/mol. The minimum Gasteiger partial charge on any atom is -0.350 e. The third-order valence-electron chi connectivity index (χ3n) is 4.28. The first-order valence-electron chi connectivity index (χ1n) is 7.03. The van der Waals surface area contributed by atoms with Crippen molar-refractivity contribution >= 4 is 5.91 Å². The lowest BCUT2D eigenvalue weighted by molar-refractivity contribution is 0.0943. The van der Waals surface area contributed by atoms with Gasteiger partial charge in [-0.05, 0) is 24.0 Å². The minimum absolute atomic E-state index is 0.213. The van der Waals surface area contributed by atoms with Crippen molar-refractivity contribution in [3.63, 3.8) is 0 Å². The van der Waals surface area contributed by atoms with Gasteiger partial charge in [-0.15, -0.1) is 0 Å². The number of nitrogens with zero attached hydrogens (tertiary/aromatic N) is 2. The Morgan fingerprint density at radius 1 is 1.41 bits per heavy atom. The molecule has 22 heavy (non-hydrogen) atoms. The summed E-state index contributed by atoms with van der Waals surface area (Å²) in [7, 11) is 0. The lowest BCUT2D eigenvalue weighted by Gasteiger charge is -2.18. The van der Waals surface area contributed by atoms with E-state index in [-0.39, 0.29) is 24.1 Å². The number of carbonyl (C=O) groups is 1. The maximum absolute atomic E-state index is 14.0. The summed E-state index contributed by atoms with van der Waals surface area (Å²) in [6, 6.07) is 3.59. The topological polar surface area (TPSA) is 54.9 Å². The average molecular weight is 303 g/mol. The first-order valence-corrected chi connectivity index (χ1v) is 7.03. The van der Waals surface area contributed by atoms with E-state index in [2.05, 4.69) is 15.3 Å². The predicted octanol–water partition coefficient (Wildman–Crippen LogP) is 2.46. The van der Waals surface area contributed by atoms with Gasteiger partial charge in [-0.1, -0.05) is 13.0 Å². The van der Waals surface area contributed by atoms with Crippen LogP contribution in [0.25, 0.3) is 0 Å². The second-order valence-corrected chi connectivity index (χ2v) is 5.66. The molecule has 1 aliphatic carbocycles. The van der Waals surface area contributed by atoms with Crippen molar-refractivity contribution < 1.29 is 13.6 Å². The molecule has 1 heterocycles. The van der Waals surface area contributed by atoms with E-state index in [4.69, 9.17) is 0 Å². The summed E-state index contributed by atoms with van der Waals surface area (Å²) in [5.74, 6) is -1.31. The van der Waals surface area contributed by atoms with Crippen molar-refractivity contribution in [1.29, 1.82) is 0 Å². The molecule has 0 spiro atoms. The number of aromatic nitrogens is 2. The Morgan fingerprint density at radius 3 is 2.77 bits per heavy atom. The van der Waals surface area contributed by atoms with Crippen molar-refractivity contribution in [1.82, 2.24) is 15.3 Å². The Bertz CT molecular complexity index is 708. The molecule has 0 saturated heterocycles. The lowest BCUT2D eigenvalue weighted by Crippen LogP contribution is -2.34. The van der Waals surface area contributed by atoms with Gasteiger partial charge in [-0.2, -0.15) is 0 Å². The third-order valence-corrected chi connectivity index (χ3v) is 4.28. The van der Waals surface area contributed by atoms with E-state index in [0.29, 0.717) is 5.56 Å². The smallest absolute Gasteiger partial charge is 0.271 e. The lowest BCUT2D eigenvalue weighted by atomic mass is 9.92. The van der Waals surface area contributed by atoms with E-state index in [0.717, 1.165) is 12.5 Å². The molecule has 2 atom stereocenters. The maximum atomic E-state index is 14.0. The summed E-state index contributed by atoms with van der Waals surface area (Å²) < 4.78 is 27.1. The molecule has 0 radical (unpaired) electrons. The van der Waals surface area contributed by atoms with Crippen LogP contribution in [0.4, 0.5) is 8.78 Å². The van der Waals surface area contributed by atoms with Crippen LogP contribution in [0.5, 0.6) is 0 Å². The fourth-order valence-corrected chi connectivity index (χ4v) is 2.84. The van der Waals surface area contributed by atoms with Gasteiger partial charge < -0.3 is 5.32 Å². The SMILES string of the molecule is CC1CC1(CNC(=O)c1cnccn1)c1ccc(F)cc1F. The van der Waals surface area contributed by atoms with Crippen LogP contribution in [-0.4, -0.2) is 22.4 Å². The van der Waals surface area contributed by atoms with Crippen LogP contribution in [0.2, 0.25) is 0 Å². The average Bonchev–Trinajstić information content (AvgIpc) is 3.17. The van der Waals surface area contributed by atoms with Crippen LogP contribution < -0.4 is 5.32 Å². The van der Waals surface area contributed by atoms with Crippen molar-refractivity contribution in [2.45, 2.75) is 18.8 Å². The summed E-state index contributed by atoms with van der Waals surface area (Å²) in [6.45, 7) is 2.27. The second-order valence-electron chi connectivity index (χ2n) is 5.66. The number of nitrogens with one attached hydrogen (secondary N) is 1. The third kappa shape index (κ3) is 2.56. The largest absolute Gasteiger partial charge is 0.350 e. The van der Waals surface area contributed by atoms with Gasteiger partial charge in [-0.3, -0.25) is 9.78 Å². The van der Waals surface area contributed by atoms with Gasteiger partial charge in [-0.25, -0.2) is 13.8 Å². The highest BCUT2D eigenvalue weighted by molar-refractivity contribution is 5.91. The maximum Gasteiger partial charge on any atom is 0.271 e. The number of halogens is 2. The fraction of sp³-hybridized carbons (Fsp3) is 0.312. The van der Waals surface area contributed by atoms with Crippen LogP contribution in [0, 0.1) is 17.6 Å². The van der Waals surface area contributed by atoms with E-state index in [1.165, 1.54) is 30.7 Å². The zero-order valence-electron chi connectivity index (χ0n) is 12.0. The summed E-state index contributed by atoms with van der Waals surface area (Å²) in [6.07, 6.45) is 5.03. The van der Waals surface area contributed by atoms with Gasteiger partial charge >= 0.3 is 0 Å². The van der Waals surface area contributed by atoms with Crippen molar-refractivity contribution in [2.75, 3.05) is 6.54 Å². The highest BCUT2D eigenvalue weighted by atomic mass is 19.1. The van der Waals surface area contributed by atoms with Gasteiger partial charge in [0.2, 0.25) is 0 Å². The molecule has 1 amide bonds. The summed E-state index contributed by atoms with van der Waals surface area (Å²) in [5.41, 5.74) is 0.182. The highest BCUT2D eigenvalue weighted by Crippen LogP contribution is 2.54. The zero-order valence-corrected chi connectivity index (χ0v) is 12.0. The number of rotatable bonds is 4. The monoisotopic (exact) mass is 303 g/mol. The fourth-order valence-electron chi connectivity index (χ4n) is 2.84. The van der Waals surface area contributed by atoms with Crippen LogP contribution in [0.15, 0.2) is 36.8 Å². The highest BCUT2D eigenvalue weighted by Gasteiger charge is 2.53. The van der Waals surface area contributed by atoms with Gasteiger partial charge in [0.05, 0.1) is 6.20 Å². The van der Waals surface area contributed by atoms with Crippen LogP contribution >= 0.6 is 0 Å². The second kappa shape index (κ2) is 5.44. The Morgan fingerprint density at radius 2 is 2.18 bits per heavy atom. The molecule has 6 heteroatoms. The molecule has 0 bridgehead atoms. The first kappa shape index (κ1) is 14.6. The van der Waals surface area contributed by atoms with Gasteiger partial charge in [0.15, 0.2) is 0 Å². The van der Waals surface area contributed by atoms with E-state index in [1.807, 2.05) is 6.92 Å². The van der Waals surface area contributed by atoms with Crippen LogP contribution in [0.1, 0.15) is 29.4 Å². The van der Waals surface area contributed by atoms with E-state index in [9.17, 15) is 13.6 Å². The Labute approximate surface area is 126 Å². The Kier molecular flexibility index (Phi) is 3.60. The molecule has 0 aliphatic heterocycles. The van der Waals surface area contributed by atoms with E-state index in [1.54, 1.807) is 0 Å². The zero-order chi connectivity index (χ0) is 15.7. The Balaban J connectivity index is 1.76. The van der Waals surface area contributed by atoms with Gasteiger partial charge in [0.25, 0.3) is 5.91 Å². The van der Waals surface area contributed by atoms with Crippen LogP contribution in [0.3, 0.4) is 0 Å². The molecule has 1 saturated carbocycles. The van der Waals surface area contributed by atoms with Crippen molar-refractivity contribution in [3.05, 3.63) is 59.7 Å². The number of hydrogen-bond acceptors (Lipinski definition) is 3. The molecular weight excluding hydrogens is 288 g/mol. The molecule has 4 nitrogen and oxygen atoms in total. The van der Waals surface area contributed by atoms with Gasteiger partial charge in [0, 0.05) is 30.4 Å². The molecule has 1 aromatic heterocycles. The first-order chi connectivity index (χ1) is 10.5. The number of hydrogen-bond donors (Lipinski definition) is 1. The van der Waals surface area contributed by atoms with E-state index >= 15 is 0 Å². The molecule has 2 aromatic rings. The quantitative estimate of drug-likeness (QED) is 0.944. The standard InChI is InChI=1S/C16H15F2N3O/c1-10-7-16(10,12-3-2-11(17)6-13(12)18)9-21-15(22)14-8-19-4-5-20-14/h2-6,8,10H,7,9H2,1H3,(H,21,22). The van der Waals surface area contributed by atoms with Crippen molar-refractivity contribution in [2.24, 2.45) is 5.92 Å². The molecule has 1 fully saturated rings. The van der Waals surface area contributed by atoms with Crippen molar-refractivity contribution in [3.8, 4) is 0 Å². The summed E-state index contributed by atoms with van der Waals surface area (Å²) in [5, 5.41) is 2.77. The molecule has 2 unspecified atom stereocenters. The molecule has 3 rings (SSSR count).